The van der Waals surface area contributed by atoms with E-state index in [1.807, 2.05) is 13.1 Å². The van der Waals surface area contributed by atoms with Gasteiger partial charge in [0.2, 0.25) is 0 Å². The largest absolute Gasteiger partial charge is 0.489 e. The van der Waals surface area contributed by atoms with Gasteiger partial charge in [-0.05, 0) is 66.5 Å². The van der Waals surface area contributed by atoms with Crippen LogP contribution in [0.2, 0.25) is 0 Å². The Bertz CT molecular complexity index is 436. The van der Waals surface area contributed by atoms with Crippen molar-refractivity contribution in [1.82, 2.24) is 5.32 Å². The first-order chi connectivity index (χ1) is 8.22. The van der Waals surface area contributed by atoms with E-state index in [1.54, 1.807) is 12.1 Å². The van der Waals surface area contributed by atoms with Crippen LogP contribution in [0.3, 0.4) is 0 Å². The van der Waals surface area contributed by atoms with Crippen molar-refractivity contribution in [2.45, 2.75) is 18.9 Å². The summed E-state index contributed by atoms with van der Waals surface area (Å²) in [5.41, 5.74) is 0.644. The standard InChI is InChI=1S/C13H15BrN2O/c1-16-8-10-4-11(5-10)17-13-3-2-9(7-15)6-12(13)14/h2-3,6,10-11,16H,4-5,8H2,1H3. The monoisotopic (exact) mass is 294 g/mol. The number of rotatable bonds is 4. The van der Waals surface area contributed by atoms with Gasteiger partial charge in [0.25, 0.3) is 0 Å². The molecule has 17 heavy (non-hydrogen) atoms. The molecule has 1 aromatic rings. The summed E-state index contributed by atoms with van der Waals surface area (Å²) in [5, 5.41) is 11.9. The van der Waals surface area contributed by atoms with Crippen LogP contribution in [0, 0.1) is 17.2 Å². The summed E-state index contributed by atoms with van der Waals surface area (Å²) in [6.07, 6.45) is 2.53. The van der Waals surface area contributed by atoms with E-state index in [2.05, 4.69) is 27.3 Å². The Labute approximate surface area is 110 Å². The van der Waals surface area contributed by atoms with E-state index in [-0.39, 0.29) is 0 Å². The molecule has 3 nitrogen and oxygen atoms in total. The maximum Gasteiger partial charge on any atom is 0.133 e. The molecule has 2 rings (SSSR count). The molecule has 1 aliphatic carbocycles. The Morgan fingerprint density at radius 2 is 2.29 bits per heavy atom. The Morgan fingerprint density at radius 3 is 2.88 bits per heavy atom. The molecule has 0 spiro atoms. The summed E-state index contributed by atoms with van der Waals surface area (Å²) in [4.78, 5) is 0. The van der Waals surface area contributed by atoms with Crippen molar-refractivity contribution < 1.29 is 4.74 Å². The summed E-state index contributed by atoms with van der Waals surface area (Å²) in [5.74, 6) is 1.57. The Kier molecular flexibility index (Phi) is 4.03. The smallest absolute Gasteiger partial charge is 0.133 e. The van der Waals surface area contributed by atoms with Crippen molar-refractivity contribution in [2.75, 3.05) is 13.6 Å². The molecule has 0 amide bonds. The highest BCUT2D eigenvalue weighted by atomic mass is 79.9. The fourth-order valence-corrected chi connectivity index (χ4v) is 2.54. The van der Waals surface area contributed by atoms with Crippen molar-refractivity contribution in [2.24, 2.45) is 5.92 Å². The van der Waals surface area contributed by atoms with Gasteiger partial charge in [0, 0.05) is 0 Å². The van der Waals surface area contributed by atoms with Gasteiger partial charge >= 0.3 is 0 Å². The molecule has 90 valence electrons. The van der Waals surface area contributed by atoms with E-state index in [0.717, 1.165) is 35.5 Å². The zero-order valence-corrected chi connectivity index (χ0v) is 11.3. The van der Waals surface area contributed by atoms with Crippen molar-refractivity contribution >= 4 is 15.9 Å². The quantitative estimate of drug-likeness (QED) is 0.929. The lowest BCUT2D eigenvalue weighted by Gasteiger charge is -2.35. The SMILES string of the molecule is CNCC1CC(Oc2ccc(C#N)cc2Br)C1. The predicted molar refractivity (Wildman–Crippen MR) is 69.9 cm³/mol. The van der Waals surface area contributed by atoms with Crippen molar-refractivity contribution in [3.63, 3.8) is 0 Å². The molecule has 0 aliphatic heterocycles. The van der Waals surface area contributed by atoms with E-state index >= 15 is 0 Å². The van der Waals surface area contributed by atoms with Gasteiger partial charge in [-0.2, -0.15) is 5.26 Å². The van der Waals surface area contributed by atoms with Crippen LogP contribution in [0.25, 0.3) is 0 Å². The van der Waals surface area contributed by atoms with Gasteiger partial charge < -0.3 is 10.1 Å². The van der Waals surface area contributed by atoms with Gasteiger partial charge in [-0.1, -0.05) is 0 Å². The Morgan fingerprint density at radius 1 is 1.53 bits per heavy atom. The first-order valence-electron chi connectivity index (χ1n) is 5.74. The number of hydrogen-bond acceptors (Lipinski definition) is 3. The minimum atomic E-state index is 0.317. The summed E-state index contributed by atoms with van der Waals surface area (Å²) in [6, 6.07) is 7.53. The van der Waals surface area contributed by atoms with Crippen LogP contribution in [0.15, 0.2) is 22.7 Å². The van der Waals surface area contributed by atoms with E-state index in [0.29, 0.717) is 11.7 Å². The van der Waals surface area contributed by atoms with Gasteiger partial charge in [0.05, 0.1) is 22.2 Å². The second-order valence-electron chi connectivity index (χ2n) is 4.39. The molecule has 0 heterocycles. The summed E-state index contributed by atoms with van der Waals surface area (Å²) >= 11 is 3.43. The number of nitrogens with zero attached hydrogens (tertiary/aromatic N) is 1. The lowest BCUT2D eigenvalue weighted by atomic mass is 9.82. The van der Waals surface area contributed by atoms with Crippen molar-refractivity contribution in [3.8, 4) is 11.8 Å². The van der Waals surface area contributed by atoms with Crippen LogP contribution in [0.5, 0.6) is 5.75 Å². The maximum atomic E-state index is 8.77. The minimum Gasteiger partial charge on any atom is -0.489 e. The molecule has 1 aliphatic rings. The van der Waals surface area contributed by atoms with Gasteiger partial charge in [0.1, 0.15) is 5.75 Å². The van der Waals surface area contributed by atoms with Gasteiger partial charge in [0.15, 0.2) is 0 Å². The van der Waals surface area contributed by atoms with Crippen molar-refractivity contribution in [3.05, 3.63) is 28.2 Å². The van der Waals surface area contributed by atoms with E-state index in [1.165, 1.54) is 0 Å². The molecule has 0 bridgehead atoms. The highest BCUT2D eigenvalue weighted by Crippen LogP contribution is 2.34. The number of nitrogens with one attached hydrogen (secondary N) is 1. The third-order valence-corrected chi connectivity index (χ3v) is 3.66. The molecule has 1 N–H and O–H groups in total. The third-order valence-electron chi connectivity index (χ3n) is 3.04. The lowest BCUT2D eigenvalue weighted by Crippen LogP contribution is -2.38. The fraction of sp³-hybridized carbons (Fsp3) is 0.462. The summed E-state index contributed by atoms with van der Waals surface area (Å²) < 4.78 is 6.73. The second-order valence-corrected chi connectivity index (χ2v) is 5.25. The molecule has 0 aromatic heterocycles. The average molecular weight is 295 g/mol. The molecule has 0 atom stereocenters. The Hall–Kier alpha value is -1.05. The van der Waals surface area contributed by atoms with Gasteiger partial charge in [-0.25, -0.2) is 0 Å². The maximum absolute atomic E-state index is 8.77. The van der Waals surface area contributed by atoms with Gasteiger partial charge in [-0.15, -0.1) is 0 Å². The number of benzene rings is 1. The van der Waals surface area contributed by atoms with E-state index in [4.69, 9.17) is 10.00 Å². The summed E-state index contributed by atoms with van der Waals surface area (Å²) in [6.45, 7) is 1.06. The molecule has 0 saturated heterocycles. The molecule has 4 heteroatoms. The number of ether oxygens (including phenoxy) is 1. The molecular formula is C13H15BrN2O. The van der Waals surface area contributed by atoms with Crippen LogP contribution in [-0.4, -0.2) is 19.7 Å². The predicted octanol–water partition coefficient (Wildman–Crippen LogP) is 2.70. The first-order valence-corrected chi connectivity index (χ1v) is 6.53. The number of hydrogen-bond donors (Lipinski definition) is 1. The van der Waals surface area contributed by atoms with Crippen LogP contribution < -0.4 is 10.1 Å². The molecule has 1 aromatic carbocycles. The average Bonchev–Trinajstić information content (AvgIpc) is 2.28. The minimum absolute atomic E-state index is 0.317. The summed E-state index contributed by atoms with van der Waals surface area (Å²) in [7, 11) is 1.98. The van der Waals surface area contributed by atoms with Crippen LogP contribution in [0.4, 0.5) is 0 Å². The highest BCUT2D eigenvalue weighted by molar-refractivity contribution is 9.10. The fourth-order valence-electron chi connectivity index (χ4n) is 2.07. The number of halogens is 1. The van der Waals surface area contributed by atoms with Crippen molar-refractivity contribution in [1.29, 1.82) is 5.26 Å². The zero-order valence-electron chi connectivity index (χ0n) is 9.74. The normalized spacial score (nSPS) is 22.6. The topological polar surface area (TPSA) is 45.0 Å². The van der Waals surface area contributed by atoms with E-state index < -0.39 is 0 Å². The zero-order chi connectivity index (χ0) is 12.3. The molecule has 1 fully saturated rings. The van der Waals surface area contributed by atoms with Gasteiger partial charge in [-0.3, -0.25) is 0 Å². The van der Waals surface area contributed by atoms with E-state index in [9.17, 15) is 0 Å². The third kappa shape index (κ3) is 2.99. The number of nitriles is 1. The van der Waals surface area contributed by atoms with Crippen LogP contribution in [-0.2, 0) is 0 Å². The molecule has 0 radical (unpaired) electrons. The van der Waals surface area contributed by atoms with Crippen LogP contribution >= 0.6 is 15.9 Å². The highest BCUT2D eigenvalue weighted by Gasteiger charge is 2.30. The second kappa shape index (κ2) is 5.52. The van der Waals surface area contributed by atoms with Crippen LogP contribution in [0.1, 0.15) is 18.4 Å². The molecule has 0 unspecified atom stereocenters. The Balaban J connectivity index is 1.91. The lowest BCUT2D eigenvalue weighted by molar-refractivity contribution is 0.0651. The molecule has 1 saturated carbocycles. The first kappa shape index (κ1) is 12.4. The molecular weight excluding hydrogens is 280 g/mol.